The molecule has 0 bridgehead atoms. The first-order valence-corrected chi connectivity index (χ1v) is 9.66. The maximum Gasteiger partial charge on any atom is 0.152 e. The maximum atomic E-state index is 11.7. The molecule has 0 amide bonds. The SMILES string of the molecule is CCCNCc1ccc(N2CCCS(=O)(=O)CC2)cc1Cl. The highest BCUT2D eigenvalue weighted by Gasteiger charge is 2.19. The number of halogens is 1. The van der Waals surface area contributed by atoms with E-state index in [2.05, 4.69) is 17.1 Å². The molecular weight excluding hydrogens is 308 g/mol. The molecule has 6 heteroatoms. The van der Waals surface area contributed by atoms with Gasteiger partial charge in [-0.25, -0.2) is 8.42 Å². The van der Waals surface area contributed by atoms with Gasteiger partial charge in [-0.15, -0.1) is 0 Å². The Morgan fingerprint density at radius 3 is 2.81 bits per heavy atom. The van der Waals surface area contributed by atoms with Crippen molar-refractivity contribution in [3.05, 3.63) is 28.8 Å². The predicted molar refractivity (Wildman–Crippen MR) is 88.9 cm³/mol. The van der Waals surface area contributed by atoms with Crippen molar-refractivity contribution >= 4 is 27.1 Å². The summed E-state index contributed by atoms with van der Waals surface area (Å²) < 4.78 is 23.3. The second kappa shape index (κ2) is 7.47. The van der Waals surface area contributed by atoms with Crippen molar-refractivity contribution in [2.45, 2.75) is 26.3 Å². The molecule has 0 spiro atoms. The summed E-state index contributed by atoms with van der Waals surface area (Å²) in [5.41, 5.74) is 2.09. The highest BCUT2D eigenvalue weighted by Crippen LogP contribution is 2.25. The van der Waals surface area contributed by atoms with Gasteiger partial charge in [-0.2, -0.15) is 0 Å². The number of hydrogen-bond donors (Lipinski definition) is 1. The molecule has 2 rings (SSSR count). The van der Waals surface area contributed by atoms with Gasteiger partial charge >= 0.3 is 0 Å². The van der Waals surface area contributed by atoms with Gasteiger partial charge in [0.1, 0.15) is 0 Å². The van der Waals surface area contributed by atoms with Crippen molar-refractivity contribution in [1.82, 2.24) is 5.32 Å². The molecular formula is C15H23ClN2O2S. The highest BCUT2D eigenvalue weighted by atomic mass is 35.5. The molecule has 0 aliphatic carbocycles. The van der Waals surface area contributed by atoms with Crippen LogP contribution in [0.25, 0.3) is 0 Å². The summed E-state index contributed by atoms with van der Waals surface area (Å²) in [6.07, 6.45) is 1.78. The molecule has 0 unspecified atom stereocenters. The molecule has 1 aromatic rings. The molecule has 0 aromatic heterocycles. The molecule has 118 valence electrons. The number of benzene rings is 1. The Labute approximate surface area is 132 Å². The third kappa shape index (κ3) is 4.87. The normalized spacial score (nSPS) is 18.5. The molecule has 0 radical (unpaired) electrons. The van der Waals surface area contributed by atoms with Crippen LogP contribution in [0.5, 0.6) is 0 Å². The van der Waals surface area contributed by atoms with Gasteiger partial charge in [0.15, 0.2) is 9.84 Å². The van der Waals surface area contributed by atoms with Crippen LogP contribution in [-0.2, 0) is 16.4 Å². The molecule has 1 aliphatic heterocycles. The van der Waals surface area contributed by atoms with Crippen molar-refractivity contribution in [2.24, 2.45) is 0 Å². The summed E-state index contributed by atoms with van der Waals surface area (Å²) in [4.78, 5) is 2.11. The first-order valence-electron chi connectivity index (χ1n) is 7.46. The fourth-order valence-electron chi connectivity index (χ4n) is 2.47. The van der Waals surface area contributed by atoms with Gasteiger partial charge in [0, 0.05) is 30.3 Å². The lowest BCUT2D eigenvalue weighted by Gasteiger charge is -2.23. The van der Waals surface area contributed by atoms with Crippen LogP contribution in [-0.4, -0.2) is 39.6 Å². The highest BCUT2D eigenvalue weighted by molar-refractivity contribution is 7.91. The van der Waals surface area contributed by atoms with E-state index in [0.717, 1.165) is 42.3 Å². The molecule has 21 heavy (non-hydrogen) atoms. The number of anilines is 1. The van der Waals surface area contributed by atoms with E-state index in [1.807, 2.05) is 18.2 Å². The number of sulfone groups is 1. The van der Waals surface area contributed by atoms with Gasteiger partial charge in [-0.05, 0) is 37.1 Å². The van der Waals surface area contributed by atoms with E-state index in [0.29, 0.717) is 13.0 Å². The van der Waals surface area contributed by atoms with E-state index >= 15 is 0 Å². The van der Waals surface area contributed by atoms with Gasteiger partial charge in [0.25, 0.3) is 0 Å². The Hall–Kier alpha value is -0.780. The minimum atomic E-state index is -2.88. The Balaban J connectivity index is 2.05. The Kier molecular flexibility index (Phi) is 5.90. The molecule has 0 atom stereocenters. The average molecular weight is 331 g/mol. The predicted octanol–water partition coefficient (Wildman–Crippen LogP) is 2.46. The molecule has 1 fully saturated rings. The fraction of sp³-hybridized carbons (Fsp3) is 0.600. The maximum absolute atomic E-state index is 11.7. The topological polar surface area (TPSA) is 49.4 Å². The van der Waals surface area contributed by atoms with Gasteiger partial charge in [0.05, 0.1) is 11.5 Å². The molecule has 1 N–H and O–H groups in total. The largest absolute Gasteiger partial charge is 0.370 e. The molecule has 1 saturated heterocycles. The second-order valence-electron chi connectivity index (χ2n) is 5.44. The summed E-state index contributed by atoms with van der Waals surface area (Å²) in [6, 6.07) is 6.01. The van der Waals surface area contributed by atoms with Crippen molar-refractivity contribution < 1.29 is 8.42 Å². The Bertz CT molecular complexity index is 575. The van der Waals surface area contributed by atoms with Gasteiger partial charge in [-0.1, -0.05) is 24.6 Å². The zero-order valence-corrected chi connectivity index (χ0v) is 14.0. The lowest BCUT2D eigenvalue weighted by molar-refractivity contribution is 0.597. The van der Waals surface area contributed by atoms with Crippen LogP contribution in [0.1, 0.15) is 25.3 Å². The summed E-state index contributed by atoms with van der Waals surface area (Å²) in [5.74, 6) is 0.515. The van der Waals surface area contributed by atoms with Gasteiger partial charge in [-0.3, -0.25) is 0 Å². The minimum absolute atomic E-state index is 0.227. The number of hydrogen-bond acceptors (Lipinski definition) is 4. The van der Waals surface area contributed by atoms with Crippen LogP contribution in [0.15, 0.2) is 18.2 Å². The van der Waals surface area contributed by atoms with Crippen LogP contribution >= 0.6 is 11.6 Å². The standard InChI is InChI=1S/C15H23ClN2O2S/c1-2-6-17-12-13-4-5-14(11-15(13)16)18-7-3-9-21(19,20)10-8-18/h4-5,11,17H,2-3,6-10,12H2,1H3. The number of nitrogens with one attached hydrogen (secondary N) is 1. The van der Waals surface area contributed by atoms with E-state index in [1.165, 1.54) is 0 Å². The third-order valence-corrected chi connectivity index (χ3v) is 5.77. The molecule has 0 saturated carbocycles. The van der Waals surface area contributed by atoms with Crippen molar-refractivity contribution in [3.8, 4) is 0 Å². The van der Waals surface area contributed by atoms with E-state index < -0.39 is 9.84 Å². The average Bonchev–Trinajstić information content (AvgIpc) is 2.62. The third-order valence-electron chi connectivity index (χ3n) is 3.70. The van der Waals surface area contributed by atoms with Crippen molar-refractivity contribution in [2.75, 3.05) is 36.0 Å². The summed E-state index contributed by atoms with van der Waals surface area (Å²) in [5, 5.41) is 4.07. The van der Waals surface area contributed by atoms with Crippen LogP contribution in [0.4, 0.5) is 5.69 Å². The van der Waals surface area contributed by atoms with Crippen molar-refractivity contribution in [3.63, 3.8) is 0 Å². The van der Waals surface area contributed by atoms with Gasteiger partial charge in [0.2, 0.25) is 0 Å². The summed E-state index contributed by atoms with van der Waals surface area (Å²) >= 11 is 6.34. The number of rotatable bonds is 5. The van der Waals surface area contributed by atoms with E-state index in [-0.39, 0.29) is 11.5 Å². The number of nitrogens with zero attached hydrogens (tertiary/aromatic N) is 1. The lowest BCUT2D eigenvalue weighted by atomic mass is 10.2. The Morgan fingerprint density at radius 2 is 2.10 bits per heavy atom. The van der Waals surface area contributed by atoms with E-state index in [1.54, 1.807) is 0 Å². The smallest absolute Gasteiger partial charge is 0.152 e. The van der Waals surface area contributed by atoms with Crippen LogP contribution in [0.2, 0.25) is 5.02 Å². The Morgan fingerprint density at radius 1 is 1.29 bits per heavy atom. The fourth-order valence-corrected chi connectivity index (χ4v) is 3.99. The first kappa shape index (κ1) is 16.6. The first-order chi connectivity index (χ1) is 10.0. The quantitative estimate of drug-likeness (QED) is 0.843. The molecule has 1 aromatic carbocycles. The van der Waals surface area contributed by atoms with E-state index in [4.69, 9.17) is 11.6 Å². The van der Waals surface area contributed by atoms with Crippen molar-refractivity contribution in [1.29, 1.82) is 0 Å². The zero-order valence-electron chi connectivity index (χ0n) is 12.4. The second-order valence-corrected chi connectivity index (χ2v) is 8.16. The molecule has 1 heterocycles. The zero-order chi connectivity index (χ0) is 15.3. The van der Waals surface area contributed by atoms with Crippen LogP contribution in [0.3, 0.4) is 0 Å². The van der Waals surface area contributed by atoms with Crippen LogP contribution in [0, 0.1) is 0 Å². The molecule has 1 aliphatic rings. The lowest BCUT2D eigenvalue weighted by Crippen LogP contribution is -2.26. The van der Waals surface area contributed by atoms with E-state index in [9.17, 15) is 8.42 Å². The minimum Gasteiger partial charge on any atom is -0.370 e. The summed E-state index contributed by atoms with van der Waals surface area (Å²) in [7, 11) is -2.88. The van der Waals surface area contributed by atoms with Crippen LogP contribution < -0.4 is 10.2 Å². The monoisotopic (exact) mass is 330 g/mol. The summed E-state index contributed by atoms with van der Waals surface area (Å²) in [6.45, 7) is 5.18. The molecule has 4 nitrogen and oxygen atoms in total. The van der Waals surface area contributed by atoms with Gasteiger partial charge < -0.3 is 10.2 Å².